The van der Waals surface area contributed by atoms with E-state index in [2.05, 4.69) is 9.97 Å². The molecule has 0 aliphatic carbocycles. The van der Waals surface area contributed by atoms with Crippen molar-refractivity contribution in [2.24, 2.45) is 0 Å². The van der Waals surface area contributed by atoms with Crippen molar-refractivity contribution < 1.29 is 14.3 Å². The van der Waals surface area contributed by atoms with Gasteiger partial charge in [-0.2, -0.15) is 0 Å². The highest BCUT2D eigenvalue weighted by molar-refractivity contribution is 5.79. The van der Waals surface area contributed by atoms with Crippen LogP contribution in [-0.2, 0) is 11.2 Å². The molecule has 7 heteroatoms. The largest absolute Gasteiger partial charge is 0.493 e. The number of ether oxygens (including phenoxy) is 2. The predicted octanol–water partition coefficient (Wildman–Crippen LogP) is 3.42. The number of aromatic nitrogens is 3. The maximum atomic E-state index is 13.0. The Morgan fingerprint density at radius 1 is 1.13 bits per heavy atom. The Bertz CT molecular complexity index is 1070. The van der Waals surface area contributed by atoms with Gasteiger partial charge in [-0.15, -0.1) is 0 Å². The smallest absolute Gasteiger partial charge is 0.227 e. The molecule has 1 aliphatic heterocycles. The molecule has 3 heterocycles. The summed E-state index contributed by atoms with van der Waals surface area (Å²) in [6.45, 7) is 3.24. The van der Waals surface area contributed by atoms with Gasteiger partial charge in [-0.25, -0.2) is 9.97 Å². The van der Waals surface area contributed by atoms with Crippen LogP contribution in [0.3, 0.4) is 0 Å². The minimum absolute atomic E-state index is 0.0971. The molecule has 0 radical (unpaired) electrons. The molecule has 0 N–H and O–H groups in total. The Labute approximate surface area is 182 Å². The molecule has 160 valence electrons. The molecule has 0 bridgehead atoms. The SMILES string of the molecule is COc1ccc(CC(=O)N2CC[C@@H](c3nc(C)ncc3-c3ccccn3)C2)cc1OC. The van der Waals surface area contributed by atoms with E-state index in [1.54, 1.807) is 20.4 Å². The fourth-order valence-electron chi connectivity index (χ4n) is 4.01. The van der Waals surface area contributed by atoms with Gasteiger partial charge in [-0.1, -0.05) is 12.1 Å². The number of benzene rings is 1. The molecule has 1 aromatic carbocycles. The summed E-state index contributed by atoms with van der Waals surface area (Å²) >= 11 is 0. The minimum Gasteiger partial charge on any atom is -0.493 e. The van der Waals surface area contributed by atoms with Crippen molar-refractivity contribution in [2.45, 2.75) is 25.7 Å². The predicted molar refractivity (Wildman–Crippen MR) is 117 cm³/mol. The Morgan fingerprint density at radius 2 is 1.97 bits per heavy atom. The van der Waals surface area contributed by atoms with Gasteiger partial charge in [0.2, 0.25) is 5.91 Å². The van der Waals surface area contributed by atoms with E-state index < -0.39 is 0 Å². The van der Waals surface area contributed by atoms with Crippen LogP contribution in [0.4, 0.5) is 0 Å². The van der Waals surface area contributed by atoms with Crippen LogP contribution in [0.5, 0.6) is 11.5 Å². The van der Waals surface area contributed by atoms with Gasteiger partial charge < -0.3 is 14.4 Å². The summed E-state index contributed by atoms with van der Waals surface area (Å²) in [4.78, 5) is 28.5. The van der Waals surface area contributed by atoms with Gasteiger partial charge in [-0.3, -0.25) is 9.78 Å². The van der Waals surface area contributed by atoms with Gasteiger partial charge in [0, 0.05) is 37.0 Å². The number of carbonyl (C=O) groups excluding carboxylic acids is 1. The first-order chi connectivity index (χ1) is 15.1. The van der Waals surface area contributed by atoms with E-state index in [4.69, 9.17) is 14.5 Å². The fraction of sp³-hybridized carbons (Fsp3) is 0.333. The molecular weight excluding hydrogens is 392 g/mol. The van der Waals surface area contributed by atoms with Crippen molar-refractivity contribution in [1.29, 1.82) is 0 Å². The normalized spacial score (nSPS) is 15.7. The van der Waals surface area contributed by atoms with Gasteiger partial charge in [-0.05, 0) is 43.2 Å². The number of hydrogen-bond donors (Lipinski definition) is 0. The highest BCUT2D eigenvalue weighted by atomic mass is 16.5. The third-order valence-electron chi connectivity index (χ3n) is 5.61. The van der Waals surface area contributed by atoms with Crippen molar-refractivity contribution in [1.82, 2.24) is 19.9 Å². The first-order valence-corrected chi connectivity index (χ1v) is 10.3. The van der Waals surface area contributed by atoms with Crippen molar-refractivity contribution in [3.05, 3.63) is 65.9 Å². The molecule has 0 saturated carbocycles. The van der Waals surface area contributed by atoms with Gasteiger partial charge >= 0.3 is 0 Å². The summed E-state index contributed by atoms with van der Waals surface area (Å²) in [6, 6.07) is 11.4. The molecule has 1 fully saturated rings. The highest BCUT2D eigenvalue weighted by Crippen LogP contribution is 2.33. The maximum absolute atomic E-state index is 13.0. The molecule has 7 nitrogen and oxygen atoms in total. The average molecular weight is 418 g/mol. The number of hydrogen-bond acceptors (Lipinski definition) is 6. The maximum Gasteiger partial charge on any atom is 0.227 e. The first kappa shape index (κ1) is 20.8. The Kier molecular flexibility index (Phi) is 6.11. The Balaban J connectivity index is 1.50. The van der Waals surface area contributed by atoms with Crippen molar-refractivity contribution in [2.75, 3.05) is 27.3 Å². The van der Waals surface area contributed by atoms with E-state index in [1.807, 2.05) is 54.4 Å². The molecule has 1 atom stereocenters. The van der Waals surface area contributed by atoms with E-state index in [1.165, 1.54) is 0 Å². The van der Waals surface area contributed by atoms with Gasteiger partial charge in [0.25, 0.3) is 0 Å². The lowest BCUT2D eigenvalue weighted by atomic mass is 9.98. The van der Waals surface area contributed by atoms with E-state index in [0.717, 1.165) is 34.8 Å². The summed E-state index contributed by atoms with van der Waals surface area (Å²) < 4.78 is 10.6. The topological polar surface area (TPSA) is 77.4 Å². The fourth-order valence-corrected chi connectivity index (χ4v) is 4.01. The molecule has 1 amide bonds. The summed E-state index contributed by atoms with van der Waals surface area (Å²) in [5.74, 6) is 2.27. The lowest BCUT2D eigenvalue weighted by Gasteiger charge is -2.18. The number of likely N-dealkylation sites (tertiary alicyclic amines) is 1. The van der Waals surface area contributed by atoms with Crippen molar-refractivity contribution in [3.63, 3.8) is 0 Å². The third kappa shape index (κ3) is 4.50. The number of nitrogens with zero attached hydrogens (tertiary/aromatic N) is 4. The van der Waals surface area contributed by atoms with Crippen LogP contribution in [0.25, 0.3) is 11.3 Å². The standard InChI is InChI=1S/C24H26N4O3/c1-16-26-14-19(20-6-4-5-10-25-20)24(27-16)18-9-11-28(15-18)23(29)13-17-7-8-21(30-2)22(12-17)31-3/h4-8,10,12,14,18H,9,11,13,15H2,1-3H3/t18-/m1/s1. The number of aryl methyl sites for hydroxylation is 1. The number of rotatable bonds is 6. The number of methoxy groups -OCH3 is 2. The van der Waals surface area contributed by atoms with Gasteiger partial charge in [0.1, 0.15) is 5.82 Å². The zero-order valence-electron chi connectivity index (χ0n) is 18.0. The van der Waals surface area contributed by atoms with Crippen molar-refractivity contribution >= 4 is 5.91 Å². The minimum atomic E-state index is 0.0971. The Morgan fingerprint density at radius 3 is 2.71 bits per heavy atom. The molecule has 3 aromatic rings. The van der Waals surface area contributed by atoms with Crippen LogP contribution in [-0.4, -0.2) is 53.1 Å². The molecule has 4 rings (SSSR count). The van der Waals surface area contributed by atoms with E-state index in [-0.39, 0.29) is 11.8 Å². The zero-order valence-corrected chi connectivity index (χ0v) is 18.0. The second-order valence-electron chi connectivity index (χ2n) is 7.62. The van der Waals surface area contributed by atoms with Crippen LogP contribution < -0.4 is 9.47 Å². The molecular formula is C24H26N4O3. The second-order valence-corrected chi connectivity index (χ2v) is 7.62. The molecule has 1 aliphatic rings. The van der Waals surface area contributed by atoms with Crippen LogP contribution in [0.2, 0.25) is 0 Å². The lowest BCUT2D eigenvalue weighted by Crippen LogP contribution is -2.30. The molecule has 0 spiro atoms. The van der Waals surface area contributed by atoms with E-state index in [0.29, 0.717) is 31.0 Å². The van der Waals surface area contributed by atoms with Gasteiger partial charge in [0.15, 0.2) is 11.5 Å². The number of pyridine rings is 1. The zero-order chi connectivity index (χ0) is 21.8. The number of carbonyl (C=O) groups is 1. The summed E-state index contributed by atoms with van der Waals surface area (Å²) in [5, 5.41) is 0. The summed E-state index contributed by atoms with van der Waals surface area (Å²) in [6.07, 6.45) is 4.80. The molecule has 2 aromatic heterocycles. The van der Waals surface area contributed by atoms with Crippen LogP contribution >= 0.6 is 0 Å². The second kappa shape index (κ2) is 9.12. The molecule has 31 heavy (non-hydrogen) atoms. The monoisotopic (exact) mass is 418 g/mol. The molecule has 1 saturated heterocycles. The molecule has 0 unspecified atom stereocenters. The average Bonchev–Trinajstić information content (AvgIpc) is 3.30. The summed E-state index contributed by atoms with van der Waals surface area (Å²) in [7, 11) is 3.19. The summed E-state index contributed by atoms with van der Waals surface area (Å²) in [5.41, 5.74) is 3.66. The van der Waals surface area contributed by atoms with Crippen LogP contribution in [0, 0.1) is 6.92 Å². The quantitative estimate of drug-likeness (QED) is 0.610. The number of amides is 1. The van der Waals surface area contributed by atoms with E-state index >= 15 is 0 Å². The van der Waals surface area contributed by atoms with Gasteiger partial charge in [0.05, 0.1) is 32.0 Å². The van der Waals surface area contributed by atoms with Crippen LogP contribution in [0.1, 0.15) is 29.4 Å². The first-order valence-electron chi connectivity index (χ1n) is 10.3. The van der Waals surface area contributed by atoms with E-state index in [9.17, 15) is 4.79 Å². The Hall–Kier alpha value is -3.48. The van der Waals surface area contributed by atoms with Crippen molar-refractivity contribution in [3.8, 4) is 22.8 Å². The van der Waals surface area contributed by atoms with Crippen LogP contribution in [0.15, 0.2) is 48.8 Å². The highest BCUT2D eigenvalue weighted by Gasteiger charge is 2.30. The lowest BCUT2D eigenvalue weighted by molar-refractivity contribution is -0.129. The third-order valence-corrected chi connectivity index (χ3v) is 5.61.